The molecule has 21 heavy (non-hydrogen) atoms. The molecule has 0 saturated heterocycles. The second-order valence-electron chi connectivity index (χ2n) is 4.44. The van der Waals surface area contributed by atoms with Gasteiger partial charge in [0, 0.05) is 19.3 Å². The number of nitrogens with zero attached hydrogens (tertiary/aromatic N) is 2. The molecule has 0 saturated carbocycles. The van der Waals surface area contributed by atoms with Crippen molar-refractivity contribution in [2.24, 2.45) is 4.99 Å². The number of aromatic nitrogens is 1. The van der Waals surface area contributed by atoms with Gasteiger partial charge in [0.05, 0.1) is 6.26 Å². The van der Waals surface area contributed by atoms with Gasteiger partial charge in [0.2, 0.25) is 0 Å². The number of furan rings is 1. The van der Waals surface area contributed by atoms with E-state index in [4.69, 9.17) is 16.0 Å². The zero-order valence-corrected chi connectivity index (χ0v) is 12.7. The summed E-state index contributed by atoms with van der Waals surface area (Å²) in [5.74, 6) is 1.62. The topological polar surface area (TPSA) is 62.5 Å². The van der Waals surface area contributed by atoms with Crippen molar-refractivity contribution in [3.63, 3.8) is 0 Å². The van der Waals surface area contributed by atoms with Crippen LogP contribution in [0.25, 0.3) is 0 Å². The molecule has 0 bridgehead atoms. The lowest BCUT2D eigenvalue weighted by Crippen LogP contribution is -2.38. The molecule has 0 aliphatic heterocycles. The molecule has 112 valence electrons. The first-order valence-electron chi connectivity index (χ1n) is 6.93. The highest BCUT2D eigenvalue weighted by Crippen LogP contribution is 2.05. The molecule has 0 radical (unpaired) electrons. The van der Waals surface area contributed by atoms with Crippen molar-refractivity contribution in [1.29, 1.82) is 0 Å². The molecule has 0 fully saturated rings. The van der Waals surface area contributed by atoms with E-state index >= 15 is 0 Å². The van der Waals surface area contributed by atoms with Gasteiger partial charge in [-0.2, -0.15) is 0 Å². The van der Waals surface area contributed by atoms with Crippen LogP contribution in [0.3, 0.4) is 0 Å². The van der Waals surface area contributed by atoms with Crippen LogP contribution in [-0.4, -0.2) is 24.0 Å². The van der Waals surface area contributed by atoms with Gasteiger partial charge in [-0.05, 0) is 37.1 Å². The van der Waals surface area contributed by atoms with E-state index in [0.717, 1.165) is 36.8 Å². The van der Waals surface area contributed by atoms with E-state index in [1.54, 1.807) is 18.5 Å². The summed E-state index contributed by atoms with van der Waals surface area (Å²) in [5, 5.41) is 7.00. The minimum absolute atomic E-state index is 0.514. The lowest BCUT2D eigenvalue weighted by molar-refractivity contribution is 0.512. The number of guanidine groups is 1. The van der Waals surface area contributed by atoms with E-state index in [1.165, 1.54) is 0 Å². The third kappa shape index (κ3) is 5.47. The molecule has 0 unspecified atom stereocenters. The fourth-order valence-corrected chi connectivity index (χ4v) is 1.89. The Balaban J connectivity index is 1.82. The number of aliphatic imine (C=N–C) groups is 1. The molecule has 0 aromatic carbocycles. The largest absolute Gasteiger partial charge is 0.467 e. The number of hydrogen-bond donors (Lipinski definition) is 2. The molecule has 0 aliphatic rings. The lowest BCUT2D eigenvalue weighted by atomic mass is 10.2. The molecule has 2 aromatic heterocycles. The highest BCUT2D eigenvalue weighted by Gasteiger charge is 2.00. The Morgan fingerprint density at radius 1 is 1.33 bits per heavy atom. The van der Waals surface area contributed by atoms with Gasteiger partial charge in [0.1, 0.15) is 17.5 Å². The molecule has 0 aliphatic carbocycles. The van der Waals surface area contributed by atoms with Crippen molar-refractivity contribution in [3.05, 3.63) is 53.2 Å². The predicted octanol–water partition coefficient (Wildman–Crippen LogP) is 2.63. The summed E-state index contributed by atoms with van der Waals surface area (Å²) in [5.41, 5.74) is 1.13. The molecule has 2 rings (SSSR count). The zero-order valence-electron chi connectivity index (χ0n) is 12.0. The van der Waals surface area contributed by atoms with Crippen LogP contribution in [0.5, 0.6) is 0 Å². The fourth-order valence-electron chi connectivity index (χ4n) is 1.78. The minimum atomic E-state index is 0.514. The van der Waals surface area contributed by atoms with E-state index in [2.05, 4.69) is 20.6 Å². The Hall–Kier alpha value is -2.01. The lowest BCUT2D eigenvalue weighted by Gasteiger charge is -2.10. The summed E-state index contributed by atoms with van der Waals surface area (Å²) in [7, 11) is 0. The first-order valence-corrected chi connectivity index (χ1v) is 7.30. The molecule has 6 heteroatoms. The van der Waals surface area contributed by atoms with E-state index < -0.39 is 0 Å². The maximum absolute atomic E-state index is 5.76. The third-order valence-corrected chi connectivity index (χ3v) is 3.04. The molecular weight excluding hydrogens is 288 g/mol. The maximum Gasteiger partial charge on any atom is 0.191 e. The van der Waals surface area contributed by atoms with Gasteiger partial charge in [-0.1, -0.05) is 17.7 Å². The molecule has 2 heterocycles. The normalized spacial score (nSPS) is 11.4. The van der Waals surface area contributed by atoms with Crippen molar-refractivity contribution < 1.29 is 4.42 Å². The molecule has 0 spiro atoms. The van der Waals surface area contributed by atoms with Gasteiger partial charge in [0.25, 0.3) is 0 Å². The van der Waals surface area contributed by atoms with Crippen LogP contribution in [0.1, 0.15) is 18.2 Å². The average molecular weight is 307 g/mol. The number of rotatable bonds is 6. The van der Waals surface area contributed by atoms with Gasteiger partial charge >= 0.3 is 0 Å². The van der Waals surface area contributed by atoms with E-state index in [0.29, 0.717) is 11.7 Å². The number of halogens is 1. The van der Waals surface area contributed by atoms with Crippen LogP contribution >= 0.6 is 11.6 Å². The first kappa shape index (κ1) is 15.4. The molecule has 0 amide bonds. The van der Waals surface area contributed by atoms with E-state index in [9.17, 15) is 0 Å². The first-order chi connectivity index (χ1) is 10.3. The van der Waals surface area contributed by atoms with Crippen molar-refractivity contribution in [2.45, 2.75) is 19.9 Å². The Labute approximate surface area is 129 Å². The van der Waals surface area contributed by atoms with Crippen molar-refractivity contribution in [3.8, 4) is 0 Å². The molecule has 5 nitrogen and oxygen atoms in total. The summed E-state index contributed by atoms with van der Waals surface area (Å²) in [6.07, 6.45) is 4.30. The fraction of sp³-hybridized carbons (Fsp3) is 0.333. The third-order valence-electron chi connectivity index (χ3n) is 2.81. The monoisotopic (exact) mass is 306 g/mol. The van der Waals surface area contributed by atoms with Crippen LogP contribution < -0.4 is 10.6 Å². The van der Waals surface area contributed by atoms with Crippen LogP contribution in [0.15, 0.2) is 46.1 Å². The van der Waals surface area contributed by atoms with Crippen LogP contribution in [-0.2, 0) is 13.0 Å². The number of hydrogen-bond acceptors (Lipinski definition) is 3. The summed E-state index contributed by atoms with van der Waals surface area (Å²) >= 11 is 5.76. The quantitative estimate of drug-likeness (QED) is 0.489. The average Bonchev–Trinajstić information content (AvgIpc) is 3.00. The highest BCUT2D eigenvalue weighted by molar-refractivity contribution is 6.29. The molecule has 2 aromatic rings. The van der Waals surface area contributed by atoms with Gasteiger partial charge in [-0.3, -0.25) is 0 Å². The summed E-state index contributed by atoms with van der Waals surface area (Å²) in [4.78, 5) is 8.53. The Kier molecular flexibility index (Phi) is 6.09. The van der Waals surface area contributed by atoms with Crippen molar-refractivity contribution >= 4 is 17.6 Å². The van der Waals surface area contributed by atoms with Crippen molar-refractivity contribution in [1.82, 2.24) is 15.6 Å². The maximum atomic E-state index is 5.76. The smallest absolute Gasteiger partial charge is 0.191 e. The Morgan fingerprint density at radius 3 is 2.90 bits per heavy atom. The predicted molar refractivity (Wildman–Crippen MR) is 84.5 cm³/mol. The van der Waals surface area contributed by atoms with E-state index in [1.807, 2.05) is 25.1 Å². The van der Waals surface area contributed by atoms with E-state index in [-0.39, 0.29) is 0 Å². The van der Waals surface area contributed by atoms with Gasteiger partial charge in [-0.15, -0.1) is 0 Å². The summed E-state index contributed by atoms with van der Waals surface area (Å²) in [6, 6.07) is 7.54. The molecule has 0 atom stereocenters. The summed E-state index contributed by atoms with van der Waals surface area (Å²) < 4.78 is 5.26. The van der Waals surface area contributed by atoms with Crippen molar-refractivity contribution in [2.75, 3.05) is 13.1 Å². The van der Waals surface area contributed by atoms with Crippen LogP contribution in [0.2, 0.25) is 5.15 Å². The summed E-state index contributed by atoms with van der Waals surface area (Å²) in [6.45, 7) is 4.14. The van der Waals surface area contributed by atoms with Gasteiger partial charge in [0.15, 0.2) is 5.96 Å². The number of nitrogens with one attached hydrogen (secondary N) is 2. The minimum Gasteiger partial charge on any atom is -0.467 e. The standard InChI is InChI=1S/C15H19ClN4O/c1-2-17-15(20-11-13-4-3-9-21-13)18-8-7-12-5-6-14(16)19-10-12/h3-6,9-10H,2,7-8,11H2,1H3,(H2,17,18,20). The number of pyridine rings is 1. The van der Waals surface area contributed by atoms with Gasteiger partial charge in [-0.25, -0.2) is 9.98 Å². The Bertz CT molecular complexity index is 552. The van der Waals surface area contributed by atoms with Gasteiger partial charge < -0.3 is 15.1 Å². The second kappa shape index (κ2) is 8.32. The Morgan fingerprint density at radius 2 is 2.24 bits per heavy atom. The van der Waals surface area contributed by atoms with Crippen LogP contribution in [0, 0.1) is 0 Å². The van der Waals surface area contributed by atoms with Crippen LogP contribution in [0.4, 0.5) is 0 Å². The molecular formula is C15H19ClN4O. The zero-order chi connectivity index (χ0) is 14.9. The highest BCUT2D eigenvalue weighted by atomic mass is 35.5. The molecule has 2 N–H and O–H groups in total. The SMILES string of the molecule is CCNC(=NCc1ccco1)NCCc1ccc(Cl)nc1. The second-order valence-corrected chi connectivity index (χ2v) is 4.83.